The van der Waals surface area contributed by atoms with Gasteiger partial charge in [-0.2, -0.15) is 0 Å². The molecule has 0 radical (unpaired) electrons. The van der Waals surface area contributed by atoms with Crippen molar-refractivity contribution in [1.29, 1.82) is 0 Å². The number of hydrogen-bond acceptors (Lipinski definition) is 2. The van der Waals surface area contributed by atoms with E-state index in [1.165, 1.54) is 76.8 Å². The Morgan fingerprint density at radius 2 is 0.780 bits per heavy atom. The van der Waals surface area contributed by atoms with Gasteiger partial charge >= 0.3 is 0 Å². The van der Waals surface area contributed by atoms with Crippen LogP contribution in [0.3, 0.4) is 0 Å². The second-order valence-electron chi connectivity index (χ2n) is 16.5. The Morgan fingerprint density at radius 3 is 1.44 bits per heavy atom. The van der Waals surface area contributed by atoms with E-state index in [2.05, 4.69) is 207 Å². The molecule has 11 aromatic rings. The van der Waals surface area contributed by atoms with Crippen LogP contribution >= 0.6 is 0 Å². The average molecular weight is 754 g/mol. The van der Waals surface area contributed by atoms with Gasteiger partial charge in [0.2, 0.25) is 0 Å². The molecule has 0 atom stereocenters. The summed E-state index contributed by atoms with van der Waals surface area (Å²) in [7, 11) is 0. The van der Waals surface area contributed by atoms with E-state index in [9.17, 15) is 0 Å². The predicted molar refractivity (Wildman–Crippen MR) is 249 cm³/mol. The van der Waals surface area contributed by atoms with E-state index < -0.39 is 0 Å². The molecule has 0 N–H and O–H groups in total. The molecular formula is C57H39NO. The SMILES string of the molecule is CC1(C)c2ccccc2-c2ccc(N(c3ccc(-c4ccc5oc6ccccc6c5c4)cc3)c3ccc(-c4ccc5c6ccccc6c6ccccc6c5c4)cc3)cc21. The van der Waals surface area contributed by atoms with Gasteiger partial charge in [0.15, 0.2) is 0 Å². The summed E-state index contributed by atoms with van der Waals surface area (Å²) in [4.78, 5) is 2.40. The van der Waals surface area contributed by atoms with Crippen molar-refractivity contribution in [2.24, 2.45) is 0 Å². The number of furan rings is 1. The zero-order chi connectivity index (χ0) is 39.2. The van der Waals surface area contributed by atoms with E-state index >= 15 is 0 Å². The van der Waals surface area contributed by atoms with Crippen molar-refractivity contribution in [2.75, 3.05) is 4.90 Å². The quantitative estimate of drug-likeness (QED) is 0.163. The van der Waals surface area contributed by atoms with E-state index in [0.717, 1.165) is 39.0 Å². The summed E-state index contributed by atoms with van der Waals surface area (Å²) in [5.41, 5.74) is 15.2. The van der Waals surface area contributed by atoms with Crippen LogP contribution < -0.4 is 4.90 Å². The summed E-state index contributed by atoms with van der Waals surface area (Å²) in [5.74, 6) is 0. The standard InChI is InChI=1S/C57H39NO/c1-57(2)53-17-9-7-15-48(53)49-31-29-42(35-54(49)57)58(41-27-21-37(22-28-41)39-24-32-56-52(34-39)50-16-8-10-18-55(50)59-56)40-25-19-36(20-26-40)38-23-30-47-45-13-4-3-11-43(45)44-12-5-6-14-46(44)51(47)33-38/h3-35H,1-2H3. The summed E-state index contributed by atoms with van der Waals surface area (Å²) < 4.78 is 6.14. The molecule has 2 nitrogen and oxygen atoms in total. The van der Waals surface area contributed by atoms with Crippen molar-refractivity contribution in [3.63, 3.8) is 0 Å². The van der Waals surface area contributed by atoms with Crippen molar-refractivity contribution in [2.45, 2.75) is 19.3 Å². The molecule has 278 valence electrons. The Morgan fingerprint density at radius 1 is 0.322 bits per heavy atom. The zero-order valence-corrected chi connectivity index (χ0v) is 32.9. The van der Waals surface area contributed by atoms with Crippen molar-refractivity contribution in [3.8, 4) is 33.4 Å². The van der Waals surface area contributed by atoms with Crippen LogP contribution in [0.25, 0.3) is 87.6 Å². The molecule has 59 heavy (non-hydrogen) atoms. The molecule has 0 fully saturated rings. The minimum atomic E-state index is -0.108. The van der Waals surface area contributed by atoms with Crippen LogP contribution in [0.1, 0.15) is 25.0 Å². The van der Waals surface area contributed by atoms with Crippen LogP contribution in [-0.2, 0) is 5.41 Å². The fourth-order valence-corrected chi connectivity index (χ4v) is 9.88. The van der Waals surface area contributed by atoms with Gasteiger partial charge in [-0.1, -0.05) is 153 Å². The fourth-order valence-electron chi connectivity index (χ4n) is 9.88. The van der Waals surface area contributed by atoms with E-state index in [4.69, 9.17) is 4.42 Å². The molecule has 0 saturated carbocycles. The van der Waals surface area contributed by atoms with Gasteiger partial charge < -0.3 is 9.32 Å². The Bertz CT molecular complexity index is 3430. The highest BCUT2D eigenvalue weighted by molar-refractivity contribution is 6.25. The first-order valence-corrected chi connectivity index (χ1v) is 20.5. The monoisotopic (exact) mass is 753 g/mol. The third-order valence-electron chi connectivity index (χ3n) is 12.9. The maximum Gasteiger partial charge on any atom is 0.135 e. The number of para-hydroxylation sites is 1. The largest absolute Gasteiger partial charge is 0.456 e. The smallest absolute Gasteiger partial charge is 0.135 e. The molecule has 0 amide bonds. The number of fused-ring (bicyclic) bond motifs is 12. The Balaban J connectivity index is 0.964. The zero-order valence-electron chi connectivity index (χ0n) is 32.9. The Hall–Kier alpha value is -7.42. The summed E-state index contributed by atoms with van der Waals surface area (Å²) >= 11 is 0. The number of anilines is 3. The lowest BCUT2D eigenvalue weighted by atomic mass is 9.82. The summed E-state index contributed by atoms with van der Waals surface area (Å²) in [6, 6.07) is 73.3. The van der Waals surface area contributed by atoms with Crippen LogP contribution in [-0.4, -0.2) is 0 Å². The molecular weight excluding hydrogens is 715 g/mol. The maximum atomic E-state index is 6.14. The molecule has 1 aromatic heterocycles. The van der Waals surface area contributed by atoms with Gasteiger partial charge in [-0.15, -0.1) is 0 Å². The third kappa shape index (κ3) is 5.20. The average Bonchev–Trinajstić information content (AvgIpc) is 3.78. The molecule has 0 bridgehead atoms. The molecule has 0 spiro atoms. The number of hydrogen-bond donors (Lipinski definition) is 0. The normalized spacial score (nSPS) is 13.1. The highest BCUT2D eigenvalue weighted by atomic mass is 16.3. The lowest BCUT2D eigenvalue weighted by Crippen LogP contribution is -2.16. The van der Waals surface area contributed by atoms with Gasteiger partial charge in [-0.05, 0) is 137 Å². The lowest BCUT2D eigenvalue weighted by molar-refractivity contribution is 0.660. The van der Waals surface area contributed by atoms with Gasteiger partial charge in [0.1, 0.15) is 11.2 Å². The number of rotatable bonds is 5. The first-order valence-electron chi connectivity index (χ1n) is 20.5. The predicted octanol–water partition coefficient (Wildman–Crippen LogP) is 16.2. The van der Waals surface area contributed by atoms with Crippen molar-refractivity contribution >= 4 is 71.3 Å². The van der Waals surface area contributed by atoms with Gasteiger partial charge in [0, 0.05) is 33.2 Å². The topological polar surface area (TPSA) is 16.4 Å². The number of nitrogens with zero attached hydrogens (tertiary/aromatic N) is 1. The molecule has 1 heterocycles. The molecule has 2 heteroatoms. The van der Waals surface area contributed by atoms with E-state index in [0.29, 0.717) is 0 Å². The van der Waals surface area contributed by atoms with Gasteiger partial charge in [-0.3, -0.25) is 0 Å². The molecule has 12 rings (SSSR count). The van der Waals surface area contributed by atoms with E-state index in [-0.39, 0.29) is 5.41 Å². The molecule has 10 aromatic carbocycles. The minimum absolute atomic E-state index is 0.108. The second kappa shape index (κ2) is 12.8. The summed E-state index contributed by atoms with van der Waals surface area (Å²) in [5, 5.41) is 10.0. The Kier molecular flexibility index (Phi) is 7.31. The molecule has 0 saturated heterocycles. The molecule has 1 aliphatic carbocycles. The lowest BCUT2D eigenvalue weighted by Gasteiger charge is -2.28. The molecule has 0 aliphatic heterocycles. The first-order chi connectivity index (χ1) is 29.0. The second-order valence-corrected chi connectivity index (χ2v) is 16.5. The van der Waals surface area contributed by atoms with Gasteiger partial charge in [-0.25, -0.2) is 0 Å². The summed E-state index contributed by atoms with van der Waals surface area (Å²) in [6.45, 7) is 4.70. The Labute approximate surface area is 343 Å². The van der Waals surface area contributed by atoms with Crippen LogP contribution in [0, 0.1) is 0 Å². The molecule has 1 aliphatic rings. The molecule has 0 unspecified atom stereocenters. The van der Waals surface area contributed by atoms with Gasteiger partial charge in [0.05, 0.1) is 0 Å². The van der Waals surface area contributed by atoms with Crippen LogP contribution in [0.2, 0.25) is 0 Å². The maximum absolute atomic E-state index is 6.14. The van der Waals surface area contributed by atoms with Crippen molar-refractivity contribution in [1.82, 2.24) is 0 Å². The van der Waals surface area contributed by atoms with Crippen LogP contribution in [0.4, 0.5) is 17.1 Å². The minimum Gasteiger partial charge on any atom is -0.456 e. The third-order valence-corrected chi connectivity index (χ3v) is 12.9. The van der Waals surface area contributed by atoms with E-state index in [1.54, 1.807) is 0 Å². The van der Waals surface area contributed by atoms with Crippen LogP contribution in [0.5, 0.6) is 0 Å². The van der Waals surface area contributed by atoms with Gasteiger partial charge in [0.25, 0.3) is 0 Å². The summed E-state index contributed by atoms with van der Waals surface area (Å²) in [6.07, 6.45) is 0. The van der Waals surface area contributed by atoms with E-state index in [1.807, 2.05) is 12.1 Å². The highest BCUT2D eigenvalue weighted by Gasteiger charge is 2.35. The van der Waals surface area contributed by atoms with Crippen molar-refractivity contribution < 1.29 is 4.42 Å². The highest BCUT2D eigenvalue weighted by Crippen LogP contribution is 2.51. The first kappa shape index (κ1) is 33.7. The van der Waals surface area contributed by atoms with Crippen molar-refractivity contribution in [3.05, 3.63) is 211 Å². The fraction of sp³-hybridized carbons (Fsp3) is 0.0526. The number of benzene rings is 10. The van der Waals surface area contributed by atoms with Crippen LogP contribution in [0.15, 0.2) is 205 Å².